The van der Waals surface area contributed by atoms with Crippen LogP contribution in [0.15, 0.2) is 60.2 Å². The molecule has 5 aromatic rings. The fraction of sp³-hybridized carbons (Fsp3) is 0.130. The molecule has 0 radical (unpaired) electrons. The number of fused-ring (bicyclic) bond motifs is 1. The van der Waals surface area contributed by atoms with Crippen LogP contribution >= 0.6 is 11.3 Å². The first-order valence-corrected chi connectivity index (χ1v) is 10.7. The third-order valence-electron chi connectivity index (χ3n) is 5.14. The molecule has 8 heteroatoms. The molecule has 0 unspecified atom stereocenters. The van der Waals surface area contributed by atoms with Gasteiger partial charge in [0.15, 0.2) is 5.65 Å². The highest BCUT2D eigenvalue weighted by Gasteiger charge is 2.19. The van der Waals surface area contributed by atoms with E-state index in [1.165, 1.54) is 0 Å². The summed E-state index contributed by atoms with van der Waals surface area (Å²) < 4.78 is 1.73. The van der Waals surface area contributed by atoms with E-state index in [2.05, 4.69) is 20.4 Å². The van der Waals surface area contributed by atoms with E-state index in [0.717, 1.165) is 38.6 Å². The SMILES string of the molecule is Cc1nn(C)c2nc(-c3cccs3)cc(C(=O)NCc3cccc(-c4ncc[nH]4)c3)c12. The minimum Gasteiger partial charge on any atom is -0.348 e. The Morgan fingerprint density at radius 2 is 2.13 bits per heavy atom. The van der Waals surface area contributed by atoms with Crippen molar-refractivity contribution >= 4 is 28.3 Å². The molecule has 4 heterocycles. The van der Waals surface area contributed by atoms with Gasteiger partial charge < -0.3 is 10.3 Å². The molecule has 7 nitrogen and oxygen atoms in total. The quantitative estimate of drug-likeness (QED) is 0.436. The predicted octanol–water partition coefficient (Wildman–Crippen LogP) is 4.33. The van der Waals surface area contributed by atoms with E-state index in [0.29, 0.717) is 17.8 Å². The number of rotatable bonds is 5. The van der Waals surface area contributed by atoms with Crippen LogP contribution in [-0.2, 0) is 13.6 Å². The first-order valence-electron chi connectivity index (χ1n) is 9.85. The largest absolute Gasteiger partial charge is 0.348 e. The Hall–Kier alpha value is -3.78. The number of aromatic amines is 1. The number of carbonyl (C=O) groups excluding carboxylic acids is 1. The van der Waals surface area contributed by atoms with Gasteiger partial charge in [-0.05, 0) is 36.1 Å². The van der Waals surface area contributed by atoms with Gasteiger partial charge in [-0.1, -0.05) is 24.3 Å². The summed E-state index contributed by atoms with van der Waals surface area (Å²) in [7, 11) is 1.85. The summed E-state index contributed by atoms with van der Waals surface area (Å²) in [6.07, 6.45) is 3.51. The second-order valence-electron chi connectivity index (χ2n) is 7.26. The number of amides is 1. The summed E-state index contributed by atoms with van der Waals surface area (Å²) in [4.78, 5) is 26.4. The highest BCUT2D eigenvalue weighted by Crippen LogP contribution is 2.29. The van der Waals surface area contributed by atoms with Gasteiger partial charge in [-0.2, -0.15) is 5.10 Å². The van der Waals surface area contributed by atoms with E-state index in [9.17, 15) is 4.79 Å². The Labute approximate surface area is 182 Å². The van der Waals surface area contributed by atoms with Gasteiger partial charge in [0, 0.05) is 31.5 Å². The standard InChI is InChI=1S/C23H20N6OS/c1-14-20-17(12-18(19-7-4-10-31-19)27-22(20)29(2)28-14)23(30)26-13-15-5-3-6-16(11-15)21-24-8-9-25-21/h3-12H,13H2,1-2H3,(H,24,25)(H,26,30). The van der Waals surface area contributed by atoms with E-state index in [-0.39, 0.29) is 5.91 Å². The van der Waals surface area contributed by atoms with Crippen LogP contribution in [0.4, 0.5) is 0 Å². The molecule has 0 spiro atoms. The lowest BCUT2D eigenvalue weighted by atomic mass is 10.1. The lowest BCUT2D eigenvalue weighted by Gasteiger charge is -2.09. The van der Waals surface area contributed by atoms with Gasteiger partial charge in [0.25, 0.3) is 5.91 Å². The second kappa shape index (κ2) is 7.81. The molecule has 0 saturated carbocycles. The highest BCUT2D eigenvalue weighted by atomic mass is 32.1. The smallest absolute Gasteiger partial charge is 0.252 e. The zero-order valence-corrected chi connectivity index (χ0v) is 17.9. The van der Waals surface area contributed by atoms with E-state index in [4.69, 9.17) is 4.98 Å². The number of nitrogens with one attached hydrogen (secondary N) is 2. The van der Waals surface area contributed by atoms with Gasteiger partial charge in [0.2, 0.25) is 0 Å². The molecule has 0 aliphatic rings. The fourth-order valence-corrected chi connectivity index (χ4v) is 4.39. The van der Waals surface area contributed by atoms with Crippen molar-refractivity contribution in [1.29, 1.82) is 0 Å². The molecular weight excluding hydrogens is 408 g/mol. The summed E-state index contributed by atoms with van der Waals surface area (Å²) in [5.74, 6) is 0.653. The second-order valence-corrected chi connectivity index (χ2v) is 8.21. The van der Waals surface area contributed by atoms with Crippen LogP contribution < -0.4 is 5.32 Å². The summed E-state index contributed by atoms with van der Waals surface area (Å²) in [6, 6.07) is 13.8. The molecule has 5 rings (SSSR count). The molecule has 2 N–H and O–H groups in total. The lowest BCUT2D eigenvalue weighted by molar-refractivity contribution is 0.0952. The van der Waals surface area contributed by atoms with E-state index >= 15 is 0 Å². The Morgan fingerprint density at radius 1 is 1.23 bits per heavy atom. The first-order chi connectivity index (χ1) is 15.1. The molecule has 0 atom stereocenters. The normalized spacial score (nSPS) is 11.2. The molecule has 1 aromatic carbocycles. The number of benzene rings is 1. The number of aryl methyl sites for hydroxylation is 2. The minimum absolute atomic E-state index is 0.148. The monoisotopic (exact) mass is 428 g/mol. The van der Waals surface area contributed by atoms with Gasteiger partial charge in [-0.15, -0.1) is 11.3 Å². The Kier molecular flexibility index (Phi) is 4.83. The molecule has 0 aliphatic heterocycles. The van der Waals surface area contributed by atoms with Crippen LogP contribution in [0.5, 0.6) is 0 Å². The number of pyridine rings is 1. The zero-order valence-electron chi connectivity index (χ0n) is 17.1. The third-order valence-corrected chi connectivity index (χ3v) is 6.03. The average molecular weight is 429 g/mol. The number of thiophene rings is 1. The van der Waals surface area contributed by atoms with Crippen molar-refractivity contribution in [2.24, 2.45) is 7.05 Å². The van der Waals surface area contributed by atoms with Crippen molar-refractivity contribution in [3.63, 3.8) is 0 Å². The Bertz CT molecular complexity index is 1370. The Morgan fingerprint density at radius 3 is 2.90 bits per heavy atom. The van der Waals surface area contributed by atoms with Crippen LogP contribution in [0, 0.1) is 6.92 Å². The van der Waals surface area contributed by atoms with Gasteiger partial charge in [-0.25, -0.2) is 9.97 Å². The van der Waals surface area contributed by atoms with Crippen LogP contribution in [0.25, 0.3) is 33.0 Å². The molecule has 0 aliphatic carbocycles. The number of H-pyrrole nitrogens is 1. The highest BCUT2D eigenvalue weighted by molar-refractivity contribution is 7.13. The maximum atomic E-state index is 13.2. The van der Waals surface area contributed by atoms with Crippen molar-refractivity contribution in [2.45, 2.75) is 13.5 Å². The zero-order chi connectivity index (χ0) is 21.4. The lowest BCUT2D eigenvalue weighted by Crippen LogP contribution is -2.23. The average Bonchev–Trinajstić information content (AvgIpc) is 3.54. The van der Waals surface area contributed by atoms with Crippen LogP contribution in [0.3, 0.4) is 0 Å². The number of aromatic nitrogens is 5. The molecule has 0 saturated heterocycles. The number of imidazole rings is 1. The van der Waals surface area contributed by atoms with Crippen LogP contribution in [0.2, 0.25) is 0 Å². The van der Waals surface area contributed by atoms with E-state index in [1.54, 1.807) is 28.4 Å². The molecular formula is C23H20N6OS. The molecule has 0 bridgehead atoms. The van der Waals surface area contributed by atoms with Gasteiger partial charge in [-0.3, -0.25) is 9.48 Å². The van der Waals surface area contributed by atoms with Gasteiger partial charge in [0.05, 0.1) is 27.2 Å². The molecule has 0 fully saturated rings. The molecule has 4 aromatic heterocycles. The van der Waals surface area contributed by atoms with Crippen molar-refractivity contribution in [3.8, 4) is 22.0 Å². The fourth-order valence-electron chi connectivity index (χ4n) is 3.70. The van der Waals surface area contributed by atoms with Gasteiger partial charge in [0.1, 0.15) is 5.82 Å². The molecule has 31 heavy (non-hydrogen) atoms. The number of carbonyl (C=O) groups is 1. The van der Waals surface area contributed by atoms with E-state index in [1.807, 2.05) is 61.8 Å². The topological polar surface area (TPSA) is 88.5 Å². The maximum Gasteiger partial charge on any atom is 0.252 e. The number of nitrogens with zero attached hydrogens (tertiary/aromatic N) is 4. The van der Waals surface area contributed by atoms with Gasteiger partial charge >= 0.3 is 0 Å². The maximum absolute atomic E-state index is 13.2. The minimum atomic E-state index is -0.148. The van der Waals surface area contributed by atoms with E-state index < -0.39 is 0 Å². The van der Waals surface area contributed by atoms with Crippen molar-refractivity contribution in [1.82, 2.24) is 30.0 Å². The summed E-state index contributed by atoms with van der Waals surface area (Å²) >= 11 is 1.60. The molecule has 1 amide bonds. The Balaban J connectivity index is 1.47. The third kappa shape index (κ3) is 3.62. The first kappa shape index (κ1) is 19.2. The summed E-state index contributed by atoms with van der Waals surface area (Å²) in [5, 5.41) is 10.3. The summed E-state index contributed by atoms with van der Waals surface area (Å²) in [6.45, 7) is 2.31. The number of hydrogen-bond acceptors (Lipinski definition) is 5. The predicted molar refractivity (Wildman–Crippen MR) is 122 cm³/mol. The number of hydrogen-bond donors (Lipinski definition) is 2. The van der Waals surface area contributed by atoms with Crippen molar-refractivity contribution in [3.05, 3.63) is 77.1 Å². The van der Waals surface area contributed by atoms with Crippen molar-refractivity contribution in [2.75, 3.05) is 0 Å². The molecule has 154 valence electrons. The van der Waals surface area contributed by atoms with Crippen LogP contribution in [-0.4, -0.2) is 30.6 Å². The summed E-state index contributed by atoms with van der Waals surface area (Å²) in [5.41, 5.74) is 4.82. The van der Waals surface area contributed by atoms with Crippen LogP contribution in [0.1, 0.15) is 21.6 Å². The van der Waals surface area contributed by atoms with Crippen molar-refractivity contribution < 1.29 is 4.79 Å².